The maximum absolute atomic E-state index is 4.74. The standard InChI is InChI=1S/C13H15BrN2/c1-9-11(14)6-7-13-15-12(8-16(9)13)10-4-2-3-5-10/h6-8,10H,2-5H2,1H3. The molecule has 0 amide bonds. The van der Waals surface area contributed by atoms with E-state index >= 15 is 0 Å². The number of rotatable bonds is 1. The summed E-state index contributed by atoms with van der Waals surface area (Å²) >= 11 is 3.56. The van der Waals surface area contributed by atoms with E-state index in [0.29, 0.717) is 5.92 Å². The van der Waals surface area contributed by atoms with E-state index in [1.807, 2.05) is 0 Å². The van der Waals surface area contributed by atoms with Gasteiger partial charge in [0.1, 0.15) is 5.65 Å². The molecule has 2 aromatic heterocycles. The molecule has 1 aliphatic carbocycles. The van der Waals surface area contributed by atoms with Crippen molar-refractivity contribution >= 4 is 21.6 Å². The highest BCUT2D eigenvalue weighted by Gasteiger charge is 2.20. The van der Waals surface area contributed by atoms with Gasteiger partial charge in [0, 0.05) is 22.3 Å². The third-order valence-electron chi connectivity index (χ3n) is 3.61. The Balaban J connectivity index is 2.11. The summed E-state index contributed by atoms with van der Waals surface area (Å²) in [4.78, 5) is 4.74. The van der Waals surface area contributed by atoms with Gasteiger partial charge in [0.2, 0.25) is 0 Å². The first kappa shape index (κ1) is 10.3. The van der Waals surface area contributed by atoms with Crippen molar-refractivity contribution < 1.29 is 0 Å². The summed E-state index contributed by atoms with van der Waals surface area (Å²) in [5.41, 5.74) is 3.58. The largest absolute Gasteiger partial charge is 0.303 e. The SMILES string of the molecule is Cc1c(Br)ccc2nc(C3CCCC3)cn12. The Morgan fingerprint density at radius 3 is 2.81 bits per heavy atom. The summed E-state index contributed by atoms with van der Waals surface area (Å²) in [6, 6.07) is 4.16. The van der Waals surface area contributed by atoms with Gasteiger partial charge in [0.05, 0.1) is 5.69 Å². The van der Waals surface area contributed by atoms with E-state index in [4.69, 9.17) is 4.98 Å². The molecule has 0 N–H and O–H groups in total. The molecule has 3 heteroatoms. The van der Waals surface area contributed by atoms with E-state index < -0.39 is 0 Å². The van der Waals surface area contributed by atoms with Crippen LogP contribution in [0.3, 0.4) is 0 Å². The molecular formula is C13H15BrN2. The number of aromatic nitrogens is 2. The fourth-order valence-corrected chi connectivity index (χ4v) is 2.92. The van der Waals surface area contributed by atoms with Crippen LogP contribution in [0.2, 0.25) is 0 Å². The van der Waals surface area contributed by atoms with Crippen LogP contribution >= 0.6 is 15.9 Å². The predicted molar refractivity (Wildman–Crippen MR) is 68.8 cm³/mol. The van der Waals surface area contributed by atoms with Crippen molar-refractivity contribution in [2.45, 2.75) is 38.5 Å². The van der Waals surface area contributed by atoms with Crippen molar-refractivity contribution in [3.63, 3.8) is 0 Å². The third-order valence-corrected chi connectivity index (χ3v) is 4.45. The first-order valence-corrected chi connectivity index (χ1v) is 6.69. The molecule has 0 atom stereocenters. The molecule has 0 bridgehead atoms. The van der Waals surface area contributed by atoms with E-state index in [2.05, 4.69) is 45.6 Å². The van der Waals surface area contributed by atoms with Crippen molar-refractivity contribution in [2.24, 2.45) is 0 Å². The Labute approximate surface area is 104 Å². The first-order valence-electron chi connectivity index (χ1n) is 5.90. The van der Waals surface area contributed by atoms with Crippen LogP contribution in [0.4, 0.5) is 0 Å². The second-order valence-electron chi connectivity index (χ2n) is 4.64. The predicted octanol–water partition coefficient (Wildman–Crippen LogP) is 4.06. The maximum atomic E-state index is 4.74. The number of hydrogen-bond donors (Lipinski definition) is 0. The van der Waals surface area contributed by atoms with Gasteiger partial charge in [0.15, 0.2) is 0 Å². The summed E-state index contributed by atoms with van der Waals surface area (Å²) in [7, 11) is 0. The van der Waals surface area contributed by atoms with E-state index in [-0.39, 0.29) is 0 Å². The summed E-state index contributed by atoms with van der Waals surface area (Å²) in [6.45, 7) is 2.12. The molecule has 0 aliphatic heterocycles. The van der Waals surface area contributed by atoms with Crippen LogP contribution in [0, 0.1) is 6.92 Å². The van der Waals surface area contributed by atoms with Gasteiger partial charge in [-0.25, -0.2) is 4.98 Å². The minimum atomic E-state index is 0.693. The van der Waals surface area contributed by atoms with Crippen molar-refractivity contribution in [1.82, 2.24) is 9.38 Å². The van der Waals surface area contributed by atoms with Crippen molar-refractivity contribution in [3.8, 4) is 0 Å². The number of hydrogen-bond acceptors (Lipinski definition) is 1. The van der Waals surface area contributed by atoms with Crippen molar-refractivity contribution in [3.05, 3.63) is 34.2 Å². The molecule has 1 saturated carbocycles. The third kappa shape index (κ3) is 1.58. The number of imidazole rings is 1. The average Bonchev–Trinajstić information content (AvgIpc) is 2.91. The van der Waals surface area contributed by atoms with Gasteiger partial charge in [-0.1, -0.05) is 12.8 Å². The zero-order valence-corrected chi connectivity index (χ0v) is 11.0. The number of halogens is 1. The highest BCUT2D eigenvalue weighted by atomic mass is 79.9. The number of fused-ring (bicyclic) bond motifs is 1. The Morgan fingerprint density at radius 2 is 2.06 bits per heavy atom. The monoisotopic (exact) mass is 278 g/mol. The smallest absolute Gasteiger partial charge is 0.137 e. The minimum absolute atomic E-state index is 0.693. The normalized spacial score (nSPS) is 17.4. The maximum Gasteiger partial charge on any atom is 0.137 e. The second kappa shape index (κ2) is 3.88. The molecule has 0 radical (unpaired) electrons. The van der Waals surface area contributed by atoms with E-state index in [0.717, 1.165) is 10.1 Å². The lowest BCUT2D eigenvalue weighted by atomic mass is 10.1. The zero-order chi connectivity index (χ0) is 11.1. The minimum Gasteiger partial charge on any atom is -0.303 e. The molecule has 1 aliphatic rings. The lowest BCUT2D eigenvalue weighted by molar-refractivity contribution is 0.703. The molecule has 0 spiro atoms. The Kier molecular flexibility index (Phi) is 2.51. The molecular weight excluding hydrogens is 264 g/mol. The Bertz CT molecular complexity index is 524. The van der Waals surface area contributed by atoms with Crippen LogP contribution in [0.1, 0.15) is 43.0 Å². The van der Waals surface area contributed by atoms with Gasteiger partial charge >= 0.3 is 0 Å². The van der Waals surface area contributed by atoms with Crippen LogP contribution in [0.5, 0.6) is 0 Å². The molecule has 1 fully saturated rings. The summed E-state index contributed by atoms with van der Waals surface area (Å²) in [5, 5.41) is 0. The first-order chi connectivity index (χ1) is 7.75. The zero-order valence-electron chi connectivity index (χ0n) is 9.41. The van der Waals surface area contributed by atoms with Gasteiger partial charge in [-0.3, -0.25) is 0 Å². The highest BCUT2D eigenvalue weighted by molar-refractivity contribution is 9.10. The quantitative estimate of drug-likeness (QED) is 0.769. The lowest BCUT2D eigenvalue weighted by Crippen LogP contribution is -1.91. The molecule has 0 aromatic carbocycles. The average molecular weight is 279 g/mol. The number of aryl methyl sites for hydroxylation is 1. The highest BCUT2D eigenvalue weighted by Crippen LogP contribution is 2.34. The van der Waals surface area contributed by atoms with Gasteiger partial charge in [-0.2, -0.15) is 0 Å². The topological polar surface area (TPSA) is 17.3 Å². The van der Waals surface area contributed by atoms with Gasteiger partial charge in [0.25, 0.3) is 0 Å². The van der Waals surface area contributed by atoms with E-state index in [1.165, 1.54) is 37.1 Å². The van der Waals surface area contributed by atoms with Crippen LogP contribution in [-0.4, -0.2) is 9.38 Å². The number of pyridine rings is 1. The molecule has 3 rings (SSSR count). The van der Waals surface area contributed by atoms with E-state index in [9.17, 15) is 0 Å². The molecule has 84 valence electrons. The van der Waals surface area contributed by atoms with Gasteiger partial charge in [-0.05, 0) is 47.8 Å². The molecule has 2 nitrogen and oxygen atoms in total. The van der Waals surface area contributed by atoms with Gasteiger partial charge in [-0.15, -0.1) is 0 Å². The Morgan fingerprint density at radius 1 is 1.31 bits per heavy atom. The molecule has 0 saturated heterocycles. The summed E-state index contributed by atoms with van der Waals surface area (Å²) < 4.78 is 3.34. The summed E-state index contributed by atoms with van der Waals surface area (Å²) in [6.07, 6.45) is 7.56. The van der Waals surface area contributed by atoms with Gasteiger partial charge < -0.3 is 4.40 Å². The summed E-state index contributed by atoms with van der Waals surface area (Å²) in [5.74, 6) is 0.693. The number of nitrogens with zero attached hydrogens (tertiary/aromatic N) is 2. The van der Waals surface area contributed by atoms with Crippen LogP contribution in [0.15, 0.2) is 22.8 Å². The molecule has 0 unspecified atom stereocenters. The van der Waals surface area contributed by atoms with Crippen molar-refractivity contribution in [1.29, 1.82) is 0 Å². The molecule has 2 aromatic rings. The van der Waals surface area contributed by atoms with Crippen molar-refractivity contribution in [2.75, 3.05) is 0 Å². The molecule has 16 heavy (non-hydrogen) atoms. The second-order valence-corrected chi connectivity index (χ2v) is 5.50. The van der Waals surface area contributed by atoms with E-state index in [1.54, 1.807) is 0 Å². The Hall–Kier alpha value is -0.830. The fourth-order valence-electron chi connectivity index (χ4n) is 2.60. The van der Waals surface area contributed by atoms with Crippen LogP contribution < -0.4 is 0 Å². The molecule has 2 heterocycles. The lowest BCUT2D eigenvalue weighted by Gasteiger charge is -2.02. The van der Waals surface area contributed by atoms with Crippen LogP contribution in [0.25, 0.3) is 5.65 Å². The fraction of sp³-hybridized carbons (Fsp3) is 0.462. The van der Waals surface area contributed by atoms with Crippen LogP contribution in [-0.2, 0) is 0 Å².